The Morgan fingerprint density at radius 2 is 1.86 bits per heavy atom. The molecule has 7 unspecified atom stereocenters. The number of rotatable bonds is 11. The fourth-order valence-corrected chi connectivity index (χ4v) is 9.59. The summed E-state index contributed by atoms with van der Waals surface area (Å²) in [4.78, 5) is 13.0. The number of halogens is 3. The Labute approximate surface area is 282 Å². The van der Waals surface area contributed by atoms with Crippen LogP contribution in [0.5, 0.6) is 5.75 Å². The standard InChI is InChI=1S/C36H53Cl3O4Si/c1-10-11-32(42-33(40)23(2)21-41-22-36(37,38)39)24(3)30-16-17-31-29-14-12-25-20-26(43-44(8,9)34(4,5)6)13-15-27(25)28(29)18-19-35(30,31)7/h10,13,15,20,24,28-32H,1-2,11-12,14,16-19,21-22H2,3-9H3. The molecule has 2 saturated carbocycles. The zero-order valence-electron chi connectivity index (χ0n) is 27.8. The van der Waals surface area contributed by atoms with Crippen molar-refractivity contribution in [1.82, 2.24) is 0 Å². The molecule has 1 aromatic rings. The highest BCUT2D eigenvalue weighted by Crippen LogP contribution is 2.64. The number of hydrogen-bond acceptors (Lipinski definition) is 4. The summed E-state index contributed by atoms with van der Waals surface area (Å²) >= 11 is 17.3. The van der Waals surface area contributed by atoms with Gasteiger partial charge in [-0.1, -0.05) is 88.1 Å². The van der Waals surface area contributed by atoms with Crippen LogP contribution in [0, 0.1) is 29.1 Å². The predicted octanol–water partition coefficient (Wildman–Crippen LogP) is 10.6. The molecule has 3 aliphatic carbocycles. The van der Waals surface area contributed by atoms with Crippen molar-refractivity contribution in [1.29, 1.82) is 0 Å². The monoisotopic (exact) mass is 682 g/mol. The summed E-state index contributed by atoms with van der Waals surface area (Å²) in [6.45, 7) is 24.0. The third-order valence-corrected chi connectivity index (χ3v) is 16.3. The zero-order valence-corrected chi connectivity index (χ0v) is 31.1. The van der Waals surface area contributed by atoms with E-state index in [-0.39, 0.29) is 41.3 Å². The molecule has 0 amide bonds. The van der Waals surface area contributed by atoms with Crippen molar-refractivity contribution in [2.24, 2.45) is 29.1 Å². The highest BCUT2D eigenvalue weighted by Gasteiger charge is 2.56. The van der Waals surface area contributed by atoms with Gasteiger partial charge in [-0.3, -0.25) is 0 Å². The normalized spacial score (nSPS) is 28.2. The van der Waals surface area contributed by atoms with Crippen LogP contribution in [0.25, 0.3) is 0 Å². The molecular weight excluding hydrogens is 631 g/mol. The lowest BCUT2D eigenvalue weighted by Gasteiger charge is -2.52. The van der Waals surface area contributed by atoms with Crippen LogP contribution in [0.2, 0.25) is 18.1 Å². The van der Waals surface area contributed by atoms with Crippen LogP contribution >= 0.6 is 34.8 Å². The van der Waals surface area contributed by atoms with Crippen molar-refractivity contribution in [2.45, 2.75) is 114 Å². The Morgan fingerprint density at radius 1 is 1.16 bits per heavy atom. The van der Waals surface area contributed by atoms with Gasteiger partial charge < -0.3 is 13.9 Å². The van der Waals surface area contributed by atoms with E-state index in [2.05, 4.69) is 79.1 Å². The smallest absolute Gasteiger partial charge is 0.336 e. The second kappa shape index (κ2) is 13.6. The minimum Gasteiger partial charge on any atom is -0.543 e. The molecule has 0 N–H and O–H groups in total. The minimum absolute atomic E-state index is 0.0421. The number of fused-ring (bicyclic) bond motifs is 5. The zero-order chi connectivity index (χ0) is 32.7. The maximum absolute atomic E-state index is 13.0. The Hall–Kier alpha value is -0.983. The third kappa shape index (κ3) is 7.76. The van der Waals surface area contributed by atoms with E-state index in [4.69, 9.17) is 48.7 Å². The SMILES string of the molecule is C=CCC(OC(=O)C(=C)COCC(Cl)(Cl)Cl)C(C)C1CCC2C3CCc4cc(O[Si](C)(C)C(C)(C)C)ccc4C3CCC12C. The molecule has 8 heteroatoms. The molecule has 0 heterocycles. The number of ether oxygens (including phenoxy) is 2. The molecule has 0 aromatic heterocycles. The minimum atomic E-state index is -1.88. The second-order valence-electron chi connectivity index (χ2n) is 15.4. The first-order valence-electron chi connectivity index (χ1n) is 16.3. The molecule has 1 aromatic carbocycles. The van der Waals surface area contributed by atoms with Crippen molar-refractivity contribution in [2.75, 3.05) is 13.2 Å². The van der Waals surface area contributed by atoms with E-state index in [1.807, 2.05) is 6.08 Å². The third-order valence-electron chi connectivity index (χ3n) is 11.7. The Kier molecular flexibility index (Phi) is 11.1. The topological polar surface area (TPSA) is 44.8 Å². The first-order valence-corrected chi connectivity index (χ1v) is 20.4. The number of esters is 1. The summed E-state index contributed by atoms with van der Waals surface area (Å²) < 4.78 is 16.6. The predicted molar refractivity (Wildman–Crippen MR) is 186 cm³/mol. The fourth-order valence-electron chi connectivity index (χ4n) is 8.34. The molecule has 2 fully saturated rings. The number of carbonyl (C=O) groups is 1. The summed E-state index contributed by atoms with van der Waals surface area (Å²) in [6, 6.07) is 6.97. The van der Waals surface area contributed by atoms with Gasteiger partial charge in [0.1, 0.15) is 11.9 Å². The molecule has 3 aliphatic rings. The van der Waals surface area contributed by atoms with Gasteiger partial charge in [0.25, 0.3) is 0 Å². The largest absolute Gasteiger partial charge is 0.543 e. The first kappa shape index (κ1) is 35.9. The molecule has 0 radical (unpaired) electrons. The van der Waals surface area contributed by atoms with Gasteiger partial charge in [0.2, 0.25) is 12.1 Å². The molecule has 0 bridgehead atoms. The van der Waals surface area contributed by atoms with Crippen molar-refractivity contribution < 1.29 is 18.7 Å². The molecule has 0 spiro atoms. The maximum Gasteiger partial charge on any atom is 0.336 e. The van der Waals surface area contributed by atoms with Crippen LogP contribution in [0.3, 0.4) is 0 Å². The molecule has 44 heavy (non-hydrogen) atoms. The second-order valence-corrected chi connectivity index (χ2v) is 22.6. The van der Waals surface area contributed by atoms with Crippen molar-refractivity contribution in [3.8, 4) is 5.75 Å². The van der Waals surface area contributed by atoms with E-state index in [9.17, 15) is 4.79 Å². The van der Waals surface area contributed by atoms with Crippen LogP contribution in [0.4, 0.5) is 0 Å². The first-order chi connectivity index (χ1) is 20.4. The van der Waals surface area contributed by atoms with Gasteiger partial charge in [0, 0.05) is 6.42 Å². The van der Waals surface area contributed by atoms with Crippen molar-refractivity contribution >= 4 is 49.1 Å². The van der Waals surface area contributed by atoms with Crippen molar-refractivity contribution in [3.05, 3.63) is 54.1 Å². The highest BCUT2D eigenvalue weighted by molar-refractivity contribution is 6.74. The van der Waals surface area contributed by atoms with Gasteiger partial charge in [-0.2, -0.15) is 0 Å². The van der Waals surface area contributed by atoms with Crippen molar-refractivity contribution in [3.63, 3.8) is 0 Å². The number of alkyl halides is 3. The lowest BCUT2D eigenvalue weighted by molar-refractivity contribution is -0.150. The van der Waals surface area contributed by atoms with Crippen LogP contribution in [-0.4, -0.2) is 37.4 Å². The molecule has 7 atom stereocenters. The van der Waals surface area contributed by atoms with Gasteiger partial charge >= 0.3 is 5.97 Å². The fraction of sp³-hybridized carbons (Fsp3) is 0.694. The summed E-state index contributed by atoms with van der Waals surface area (Å²) in [5.74, 6) is 3.25. The molecule has 4 nitrogen and oxygen atoms in total. The number of benzene rings is 1. The number of hydrogen-bond donors (Lipinski definition) is 0. The van der Waals surface area contributed by atoms with Gasteiger partial charge in [-0.05, 0) is 115 Å². The van der Waals surface area contributed by atoms with Crippen LogP contribution < -0.4 is 4.43 Å². The van der Waals surface area contributed by atoms with Gasteiger partial charge in [0.05, 0.1) is 18.8 Å². The van der Waals surface area contributed by atoms with Gasteiger partial charge in [-0.25, -0.2) is 4.79 Å². The molecule has 0 saturated heterocycles. The summed E-state index contributed by atoms with van der Waals surface area (Å²) in [5.41, 5.74) is 3.48. The molecule has 246 valence electrons. The van der Waals surface area contributed by atoms with E-state index in [1.54, 1.807) is 5.56 Å². The van der Waals surface area contributed by atoms with Gasteiger partial charge in [0.15, 0.2) is 0 Å². The Balaban J connectivity index is 1.44. The van der Waals surface area contributed by atoms with E-state index in [1.165, 1.54) is 31.2 Å². The Morgan fingerprint density at radius 3 is 2.50 bits per heavy atom. The summed E-state index contributed by atoms with van der Waals surface area (Å²) in [7, 11) is -1.88. The molecule has 4 rings (SSSR count). The quantitative estimate of drug-likeness (QED) is 0.0766. The summed E-state index contributed by atoms with van der Waals surface area (Å²) in [6.07, 6.45) is 9.35. The average molecular weight is 684 g/mol. The average Bonchev–Trinajstić information content (AvgIpc) is 3.27. The van der Waals surface area contributed by atoms with Crippen LogP contribution in [0.15, 0.2) is 43.0 Å². The van der Waals surface area contributed by atoms with E-state index >= 15 is 0 Å². The van der Waals surface area contributed by atoms with Crippen LogP contribution in [0.1, 0.15) is 90.2 Å². The van der Waals surface area contributed by atoms with Gasteiger partial charge in [-0.15, -0.1) is 6.58 Å². The van der Waals surface area contributed by atoms with E-state index < -0.39 is 18.1 Å². The lowest BCUT2D eigenvalue weighted by atomic mass is 9.53. The van der Waals surface area contributed by atoms with E-state index in [0.717, 1.165) is 18.6 Å². The maximum atomic E-state index is 13.0. The number of aryl methyl sites for hydroxylation is 1. The molecule has 0 aliphatic heterocycles. The van der Waals surface area contributed by atoms with E-state index in [0.29, 0.717) is 30.1 Å². The van der Waals surface area contributed by atoms with Crippen LogP contribution in [-0.2, 0) is 20.7 Å². The summed E-state index contributed by atoms with van der Waals surface area (Å²) in [5, 5.41) is 0.177. The number of carbonyl (C=O) groups excluding carboxylic acids is 1. The molecular formula is C36H53Cl3O4Si. The Bertz CT molecular complexity index is 1220. The highest BCUT2D eigenvalue weighted by atomic mass is 35.6. The lowest BCUT2D eigenvalue weighted by Crippen LogP contribution is -2.45.